The predicted octanol–water partition coefficient (Wildman–Crippen LogP) is 3.63. The second-order valence-electron chi connectivity index (χ2n) is 11.2. The highest BCUT2D eigenvalue weighted by atomic mass is 16.7. The van der Waals surface area contributed by atoms with Crippen LogP contribution in [0.25, 0.3) is 0 Å². The number of cyclic esters (lactones) is 1. The summed E-state index contributed by atoms with van der Waals surface area (Å²) >= 11 is 0. The van der Waals surface area contributed by atoms with Gasteiger partial charge < -0.3 is 33.7 Å². The number of nitrogens with one attached hydrogen (secondary N) is 1. The van der Waals surface area contributed by atoms with Gasteiger partial charge in [0, 0.05) is 19.2 Å². The molecule has 2 aliphatic carbocycles. The zero-order valence-corrected chi connectivity index (χ0v) is 24.6. The van der Waals surface area contributed by atoms with Gasteiger partial charge in [-0.1, -0.05) is 25.7 Å². The molecule has 1 N–H and O–H groups in total. The van der Waals surface area contributed by atoms with Crippen molar-refractivity contribution in [2.45, 2.75) is 115 Å². The third kappa shape index (κ3) is 8.33. The first-order valence-corrected chi connectivity index (χ1v) is 14.9. The monoisotopic (exact) mass is 590 g/mol. The molecule has 4 rings (SSSR count). The maximum atomic E-state index is 13.3. The van der Waals surface area contributed by atoms with Gasteiger partial charge in [0.05, 0.1) is 19.1 Å². The van der Waals surface area contributed by atoms with E-state index in [-0.39, 0.29) is 41.6 Å². The lowest BCUT2D eigenvalue weighted by Gasteiger charge is -2.33. The quantitative estimate of drug-likeness (QED) is 0.242. The zero-order chi connectivity index (χ0) is 30.1. The maximum Gasteiger partial charge on any atom is 0.329 e. The summed E-state index contributed by atoms with van der Waals surface area (Å²) in [5, 5.41) is 2.71. The highest BCUT2D eigenvalue weighted by Gasteiger charge is 2.40. The van der Waals surface area contributed by atoms with Gasteiger partial charge in [-0.2, -0.15) is 0 Å². The van der Waals surface area contributed by atoms with Crippen molar-refractivity contribution in [3.05, 3.63) is 18.0 Å². The highest BCUT2D eigenvalue weighted by molar-refractivity contribution is 5.98. The Hall–Kier alpha value is -3.41. The lowest BCUT2D eigenvalue weighted by Crippen LogP contribution is -2.47. The molecule has 0 bridgehead atoms. The standard InChI is InChI=1S/C30H42N2O10/c1-18-26(41-21-11-6-7-12-21)24(42-29(35)20-9-4-5-10-20)14-8-13-22(30(36)40-18)32-28(34)25-27(39-17-38-19(2)33)23(37-3)15-16-31-25/h15-16,18,20-22,24,26H,4-14,17H2,1-3H3,(H,32,34)/t18-,22-,24-,26-/m0/s1. The van der Waals surface area contributed by atoms with Crippen LogP contribution in [0.5, 0.6) is 11.5 Å². The average Bonchev–Trinajstić information content (AvgIpc) is 3.69. The van der Waals surface area contributed by atoms with Crippen molar-refractivity contribution in [2.24, 2.45) is 5.92 Å². The minimum Gasteiger partial charge on any atom is -0.493 e. The number of carbonyl (C=O) groups excluding carboxylic acids is 4. The number of ether oxygens (including phenoxy) is 6. The van der Waals surface area contributed by atoms with Gasteiger partial charge in [0.1, 0.15) is 24.4 Å². The van der Waals surface area contributed by atoms with Crippen LogP contribution in [0.2, 0.25) is 0 Å². The van der Waals surface area contributed by atoms with Gasteiger partial charge in [-0.25, -0.2) is 9.78 Å². The molecule has 0 spiro atoms. The molecular weight excluding hydrogens is 548 g/mol. The first kappa shape index (κ1) is 31.5. The Morgan fingerprint density at radius 3 is 2.43 bits per heavy atom. The smallest absolute Gasteiger partial charge is 0.329 e. The fourth-order valence-corrected chi connectivity index (χ4v) is 5.84. The number of pyridine rings is 1. The number of methoxy groups -OCH3 is 1. The number of carbonyl (C=O) groups is 4. The van der Waals surface area contributed by atoms with E-state index in [0.717, 1.165) is 51.4 Å². The third-order valence-electron chi connectivity index (χ3n) is 8.08. The van der Waals surface area contributed by atoms with Gasteiger partial charge >= 0.3 is 17.9 Å². The summed E-state index contributed by atoms with van der Waals surface area (Å²) in [6.45, 7) is 2.51. The Balaban J connectivity index is 1.49. The molecule has 42 heavy (non-hydrogen) atoms. The molecule has 3 aliphatic rings. The molecule has 1 saturated heterocycles. The molecule has 2 saturated carbocycles. The van der Waals surface area contributed by atoms with Crippen LogP contribution >= 0.6 is 0 Å². The summed E-state index contributed by atoms with van der Waals surface area (Å²) in [6.07, 6.45) is 8.29. The molecule has 1 aliphatic heterocycles. The van der Waals surface area contributed by atoms with Gasteiger partial charge in [0.15, 0.2) is 17.2 Å². The normalized spacial score (nSPS) is 25.5. The Morgan fingerprint density at radius 1 is 1.02 bits per heavy atom. The Labute approximate surface area is 246 Å². The summed E-state index contributed by atoms with van der Waals surface area (Å²) in [6, 6.07) is 0.499. The predicted molar refractivity (Wildman–Crippen MR) is 148 cm³/mol. The highest BCUT2D eigenvalue weighted by Crippen LogP contribution is 2.32. The van der Waals surface area contributed by atoms with Crippen molar-refractivity contribution in [1.29, 1.82) is 0 Å². The third-order valence-corrected chi connectivity index (χ3v) is 8.08. The van der Waals surface area contributed by atoms with Gasteiger partial charge in [0.25, 0.3) is 5.91 Å². The van der Waals surface area contributed by atoms with Gasteiger partial charge in [0.2, 0.25) is 6.79 Å². The van der Waals surface area contributed by atoms with Crippen LogP contribution in [-0.2, 0) is 33.3 Å². The molecule has 1 aromatic heterocycles. The van der Waals surface area contributed by atoms with Crippen LogP contribution in [0.4, 0.5) is 0 Å². The van der Waals surface area contributed by atoms with Crippen LogP contribution in [0.15, 0.2) is 12.3 Å². The first-order chi connectivity index (χ1) is 20.3. The molecule has 1 aromatic rings. The van der Waals surface area contributed by atoms with E-state index in [1.54, 1.807) is 6.92 Å². The van der Waals surface area contributed by atoms with E-state index >= 15 is 0 Å². The number of rotatable bonds is 10. The number of nitrogens with zero attached hydrogens (tertiary/aromatic N) is 1. The maximum absolute atomic E-state index is 13.3. The number of amides is 1. The van der Waals surface area contributed by atoms with E-state index in [1.165, 1.54) is 26.3 Å². The largest absolute Gasteiger partial charge is 0.493 e. The van der Waals surface area contributed by atoms with Crippen molar-refractivity contribution < 1.29 is 47.6 Å². The van der Waals surface area contributed by atoms with Crippen molar-refractivity contribution in [3.8, 4) is 11.5 Å². The van der Waals surface area contributed by atoms with Crippen LogP contribution in [0.3, 0.4) is 0 Å². The van der Waals surface area contributed by atoms with E-state index in [1.807, 2.05) is 0 Å². The van der Waals surface area contributed by atoms with Crippen LogP contribution in [0.1, 0.15) is 95.0 Å². The van der Waals surface area contributed by atoms with Gasteiger partial charge in [-0.05, 0) is 51.9 Å². The second-order valence-corrected chi connectivity index (χ2v) is 11.2. The molecule has 12 nitrogen and oxygen atoms in total. The van der Waals surface area contributed by atoms with E-state index in [4.69, 9.17) is 28.4 Å². The van der Waals surface area contributed by atoms with Gasteiger partial charge in [-0.15, -0.1) is 0 Å². The van der Waals surface area contributed by atoms with Crippen molar-refractivity contribution in [3.63, 3.8) is 0 Å². The molecule has 0 aromatic carbocycles. The fraction of sp³-hybridized carbons (Fsp3) is 0.700. The van der Waals surface area contributed by atoms with Crippen LogP contribution in [-0.4, -0.2) is 73.2 Å². The Bertz CT molecular complexity index is 1100. The zero-order valence-electron chi connectivity index (χ0n) is 24.6. The molecule has 0 unspecified atom stereocenters. The van der Waals surface area contributed by atoms with E-state index in [0.29, 0.717) is 12.8 Å². The molecule has 12 heteroatoms. The molecule has 3 fully saturated rings. The van der Waals surface area contributed by atoms with Crippen molar-refractivity contribution >= 4 is 23.8 Å². The average molecular weight is 591 g/mol. The van der Waals surface area contributed by atoms with Gasteiger partial charge in [-0.3, -0.25) is 14.4 Å². The summed E-state index contributed by atoms with van der Waals surface area (Å²) in [4.78, 5) is 55.0. The van der Waals surface area contributed by atoms with Crippen LogP contribution in [0, 0.1) is 5.92 Å². The summed E-state index contributed by atoms with van der Waals surface area (Å²) in [5.74, 6) is -2.03. The number of hydrogen-bond donors (Lipinski definition) is 1. The molecule has 4 atom stereocenters. The molecule has 2 heterocycles. The number of hydrogen-bond acceptors (Lipinski definition) is 11. The number of aromatic nitrogens is 1. The summed E-state index contributed by atoms with van der Waals surface area (Å²) in [5.41, 5.74) is -0.145. The SMILES string of the molecule is COc1ccnc(C(=O)N[C@H]2CCC[C@H](OC(=O)C3CCCC3)[C@@H](OC3CCCC3)[C@H](C)OC2=O)c1OCOC(C)=O. The molecule has 0 radical (unpaired) electrons. The van der Waals surface area contributed by atoms with Crippen molar-refractivity contribution in [2.75, 3.05) is 13.9 Å². The number of esters is 3. The Morgan fingerprint density at radius 2 is 1.74 bits per heavy atom. The van der Waals surface area contributed by atoms with E-state index in [9.17, 15) is 19.2 Å². The second kappa shape index (κ2) is 15.2. The topological polar surface area (TPSA) is 149 Å². The lowest BCUT2D eigenvalue weighted by molar-refractivity contribution is -0.184. The minimum absolute atomic E-state index is 0.0182. The molecule has 1 amide bonds. The lowest BCUT2D eigenvalue weighted by atomic mass is 10.0. The molecular formula is C30H42N2O10. The fourth-order valence-electron chi connectivity index (χ4n) is 5.84. The van der Waals surface area contributed by atoms with Crippen LogP contribution < -0.4 is 14.8 Å². The Kier molecular flexibility index (Phi) is 11.4. The minimum atomic E-state index is -0.995. The first-order valence-electron chi connectivity index (χ1n) is 14.9. The van der Waals surface area contributed by atoms with Crippen molar-refractivity contribution in [1.82, 2.24) is 10.3 Å². The molecule has 232 valence electrons. The van der Waals surface area contributed by atoms with E-state index < -0.39 is 49.0 Å². The summed E-state index contributed by atoms with van der Waals surface area (Å²) in [7, 11) is 1.40. The van der Waals surface area contributed by atoms with E-state index in [2.05, 4.69) is 10.3 Å². The summed E-state index contributed by atoms with van der Waals surface area (Å²) < 4.78 is 33.9.